The lowest BCUT2D eigenvalue weighted by molar-refractivity contribution is -0.347. The number of fused-ring (bicyclic) bond motifs is 5. The second-order valence-electron chi connectivity index (χ2n) is 14.2. The summed E-state index contributed by atoms with van der Waals surface area (Å²) in [6, 6.07) is 8.55. The number of carbonyl (C=O) groups is 3. The number of Topliss-reactive ketones (excluding diaryl/α,β-unsaturated/α-hetero) is 1. The summed E-state index contributed by atoms with van der Waals surface area (Å²) < 4.78 is 12.6. The summed E-state index contributed by atoms with van der Waals surface area (Å²) in [4.78, 5) is 40.2. The highest BCUT2D eigenvalue weighted by molar-refractivity contribution is 5.89. The number of rotatable bonds is 6. The van der Waals surface area contributed by atoms with Gasteiger partial charge < -0.3 is 24.8 Å². The number of esters is 2. The van der Waals surface area contributed by atoms with Crippen molar-refractivity contribution in [2.45, 2.75) is 115 Å². The normalized spacial score (nSPS) is 43.4. The fourth-order valence-electron chi connectivity index (χ4n) is 9.54. The molecule has 1 aromatic carbocycles. The predicted molar refractivity (Wildman–Crippen MR) is 151 cm³/mol. The molecule has 0 spiro atoms. The molecule has 4 fully saturated rings. The Hall–Kier alpha value is -2.29. The van der Waals surface area contributed by atoms with E-state index in [1.165, 1.54) is 6.92 Å². The van der Waals surface area contributed by atoms with Crippen molar-refractivity contribution in [3.05, 3.63) is 35.9 Å². The molecule has 10 unspecified atom stereocenters. The molecule has 0 heterocycles. The van der Waals surface area contributed by atoms with Crippen LogP contribution in [0, 0.1) is 34.5 Å². The number of aliphatic hydroxyl groups is 3. The van der Waals surface area contributed by atoms with E-state index in [0.29, 0.717) is 37.7 Å². The van der Waals surface area contributed by atoms with Crippen LogP contribution in [0.1, 0.15) is 96.3 Å². The number of benzene rings is 1. The molecular weight excluding hydrogens is 524 g/mol. The van der Waals surface area contributed by atoms with Crippen LogP contribution in [0.2, 0.25) is 0 Å². The van der Waals surface area contributed by atoms with Gasteiger partial charge in [-0.25, -0.2) is 4.79 Å². The first-order valence-corrected chi connectivity index (χ1v) is 15.3. The van der Waals surface area contributed by atoms with E-state index in [2.05, 4.69) is 6.92 Å². The van der Waals surface area contributed by atoms with Gasteiger partial charge in [-0.15, -0.1) is 0 Å². The molecule has 3 N–H and O–H groups in total. The molecule has 4 saturated carbocycles. The Balaban J connectivity index is 1.71. The van der Waals surface area contributed by atoms with Crippen molar-refractivity contribution in [1.82, 2.24) is 0 Å². The van der Waals surface area contributed by atoms with E-state index in [4.69, 9.17) is 9.47 Å². The molecule has 0 amide bonds. The molecule has 0 saturated heterocycles. The summed E-state index contributed by atoms with van der Waals surface area (Å²) in [5, 5.41) is 36.2. The van der Waals surface area contributed by atoms with Crippen LogP contribution in [-0.2, 0) is 19.1 Å². The van der Waals surface area contributed by atoms with Crippen molar-refractivity contribution in [2.75, 3.05) is 0 Å². The maximum atomic E-state index is 13.7. The third-order valence-electron chi connectivity index (χ3n) is 11.5. The van der Waals surface area contributed by atoms with E-state index in [-0.39, 0.29) is 36.9 Å². The first kappa shape index (κ1) is 30.2. The van der Waals surface area contributed by atoms with Crippen LogP contribution in [0.5, 0.6) is 0 Å². The molecule has 0 aromatic heterocycles. The maximum absolute atomic E-state index is 13.7. The van der Waals surface area contributed by atoms with Crippen molar-refractivity contribution in [2.24, 2.45) is 34.5 Å². The number of carbonyl (C=O) groups excluding carboxylic acids is 3. The first-order valence-electron chi connectivity index (χ1n) is 15.3. The molecule has 8 nitrogen and oxygen atoms in total. The molecule has 5 rings (SSSR count). The van der Waals surface area contributed by atoms with Crippen LogP contribution in [0.15, 0.2) is 30.3 Å². The third-order valence-corrected chi connectivity index (χ3v) is 11.5. The monoisotopic (exact) mass is 570 g/mol. The van der Waals surface area contributed by atoms with Gasteiger partial charge in [-0.05, 0) is 81.3 Å². The Bertz CT molecular complexity index is 1180. The zero-order chi connectivity index (χ0) is 30.0. The topological polar surface area (TPSA) is 130 Å². The lowest BCUT2D eigenvalue weighted by Crippen LogP contribution is -2.81. The second-order valence-corrected chi connectivity index (χ2v) is 14.2. The van der Waals surface area contributed by atoms with E-state index >= 15 is 0 Å². The fraction of sp³-hybridized carbons (Fsp3) is 0.727. The van der Waals surface area contributed by atoms with Crippen LogP contribution in [0.25, 0.3) is 0 Å². The van der Waals surface area contributed by atoms with Crippen molar-refractivity contribution >= 4 is 17.7 Å². The summed E-state index contributed by atoms with van der Waals surface area (Å²) in [5.74, 6) is -2.74. The Kier molecular flexibility index (Phi) is 7.70. The van der Waals surface area contributed by atoms with Gasteiger partial charge in [0.15, 0.2) is 0 Å². The molecule has 8 heteroatoms. The summed E-state index contributed by atoms with van der Waals surface area (Å²) >= 11 is 0. The molecule has 4 aliphatic carbocycles. The van der Waals surface area contributed by atoms with Crippen molar-refractivity contribution in [1.29, 1.82) is 0 Å². The average Bonchev–Trinajstić information content (AvgIpc) is 3.20. The minimum absolute atomic E-state index is 0.00336. The Morgan fingerprint density at radius 3 is 2.29 bits per heavy atom. The third kappa shape index (κ3) is 4.47. The molecule has 41 heavy (non-hydrogen) atoms. The molecule has 0 bridgehead atoms. The number of hydrogen-bond acceptors (Lipinski definition) is 8. The molecule has 0 aliphatic heterocycles. The second kappa shape index (κ2) is 10.5. The van der Waals surface area contributed by atoms with Gasteiger partial charge in [-0.3, -0.25) is 9.59 Å². The van der Waals surface area contributed by atoms with E-state index in [1.807, 2.05) is 13.8 Å². The number of ketones is 1. The Labute approximate surface area is 242 Å². The first-order chi connectivity index (χ1) is 19.2. The van der Waals surface area contributed by atoms with Gasteiger partial charge in [-0.2, -0.15) is 0 Å². The molecular formula is C33H46O8. The fourth-order valence-corrected chi connectivity index (χ4v) is 9.54. The molecule has 226 valence electrons. The zero-order valence-corrected chi connectivity index (χ0v) is 25.0. The summed E-state index contributed by atoms with van der Waals surface area (Å²) in [6.45, 7) is 9.06. The van der Waals surface area contributed by atoms with E-state index in [9.17, 15) is 29.7 Å². The van der Waals surface area contributed by atoms with Crippen LogP contribution >= 0.6 is 0 Å². The lowest BCUT2D eigenvalue weighted by atomic mass is 9.39. The highest BCUT2D eigenvalue weighted by Gasteiger charge is 2.81. The van der Waals surface area contributed by atoms with Gasteiger partial charge in [0.25, 0.3) is 0 Å². The highest BCUT2D eigenvalue weighted by atomic mass is 16.6. The minimum atomic E-state index is -1.76. The highest BCUT2D eigenvalue weighted by Crippen LogP contribution is 2.71. The summed E-state index contributed by atoms with van der Waals surface area (Å²) in [6.07, 6.45) is 0.317. The van der Waals surface area contributed by atoms with Gasteiger partial charge in [0.05, 0.1) is 11.7 Å². The van der Waals surface area contributed by atoms with E-state index < -0.39 is 64.1 Å². The summed E-state index contributed by atoms with van der Waals surface area (Å²) in [7, 11) is 0. The SMILES string of the molecule is CC(=O)C1CCC2(O)C3(O)CCC4CC(O)CCC4(C)C3C(OC(=O)c3ccccc3)C(OC(=O)CC(C)C)C12C. The minimum Gasteiger partial charge on any atom is -0.458 e. The predicted octanol–water partition coefficient (Wildman–Crippen LogP) is 4.23. The molecule has 1 aromatic rings. The zero-order valence-electron chi connectivity index (χ0n) is 25.0. The van der Waals surface area contributed by atoms with Gasteiger partial charge >= 0.3 is 11.9 Å². The maximum Gasteiger partial charge on any atom is 0.338 e. The van der Waals surface area contributed by atoms with Crippen molar-refractivity contribution in [3.8, 4) is 0 Å². The quantitative estimate of drug-likeness (QED) is 0.433. The Morgan fingerprint density at radius 1 is 0.976 bits per heavy atom. The summed E-state index contributed by atoms with van der Waals surface area (Å²) in [5.41, 5.74) is -5.16. The van der Waals surface area contributed by atoms with Gasteiger partial charge in [0.1, 0.15) is 29.2 Å². The van der Waals surface area contributed by atoms with Crippen LogP contribution in [0.3, 0.4) is 0 Å². The van der Waals surface area contributed by atoms with Crippen LogP contribution in [-0.4, -0.2) is 62.6 Å². The largest absolute Gasteiger partial charge is 0.458 e. The lowest BCUT2D eigenvalue weighted by Gasteiger charge is -2.69. The Morgan fingerprint density at radius 2 is 1.66 bits per heavy atom. The number of hydrogen-bond donors (Lipinski definition) is 3. The van der Waals surface area contributed by atoms with Gasteiger partial charge in [-0.1, -0.05) is 45.9 Å². The van der Waals surface area contributed by atoms with E-state index in [0.717, 1.165) is 0 Å². The van der Waals surface area contributed by atoms with Crippen LogP contribution < -0.4 is 0 Å². The standard InChI is InChI=1S/C33H46O8/c1-19(2)17-25(36)40-28-26(41-29(37)21-9-7-6-8-10-21)27-30(4)14-12-23(35)18-22(30)11-15-32(27,38)33(39)16-13-24(20(3)34)31(28,33)5/h6-10,19,22-24,26-28,35,38-39H,11-18H2,1-5H3. The number of aliphatic hydroxyl groups excluding tert-OH is 1. The van der Waals surface area contributed by atoms with Crippen molar-refractivity contribution < 1.29 is 39.2 Å². The average molecular weight is 571 g/mol. The molecule has 10 atom stereocenters. The smallest absolute Gasteiger partial charge is 0.338 e. The van der Waals surface area contributed by atoms with Gasteiger partial charge in [0, 0.05) is 23.7 Å². The van der Waals surface area contributed by atoms with Crippen LogP contribution in [0.4, 0.5) is 0 Å². The molecule has 4 aliphatic rings. The van der Waals surface area contributed by atoms with E-state index in [1.54, 1.807) is 37.3 Å². The molecule has 0 radical (unpaired) electrons. The van der Waals surface area contributed by atoms with Crippen molar-refractivity contribution in [3.63, 3.8) is 0 Å². The van der Waals surface area contributed by atoms with Gasteiger partial charge in [0.2, 0.25) is 0 Å². The number of ether oxygens (including phenoxy) is 2.